The number of halogens is 3. The van der Waals surface area contributed by atoms with Crippen LogP contribution in [0.5, 0.6) is 5.75 Å². The smallest absolute Gasteiger partial charge is 0.265 e. The quantitative estimate of drug-likeness (QED) is 0.342. The van der Waals surface area contributed by atoms with Crippen molar-refractivity contribution in [2.75, 3.05) is 5.32 Å². The number of hydrogen-bond acceptors (Lipinski definition) is 4. The molecule has 158 valence electrons. The van der Waals surface area contributed by atoms with Crippen LogP contribution in [0.2, 0.25) is 10.0 Å². The molecule has 0 saturated carbocycles. The van der Waals surface area contributed by atoms with Gasteiger partial charge in [0.25, 0.3) is 5.91 Å². The summed E-state index contributed by atoms with van der Waals surface area (Å²) in [5.74, 6) is 0.0773. The molecule has 2 aromatic carbocycles. The summed E-state index contributed by atoms with van der Waals surface area (Å²) in [4.78, 5) is 13.1. The molecule has 0 bridgehead atoms. The molecule has 0 aliphatic rings. The lowest BCUT2D eigenvalue weighted by Crippen LogP contribution is -2.09. The minimum absolute atomic E-state index is 0.234. The van der Waals surface area contributed by atoms with Crippen LogP contribution < -0.4 is 10.1 Å². The van der Waals surface area contributed by atoms with Crippen molar-refractivity contribution in [2.24, 2.45) is 0 Å². The molecule has 0 saturated heterocycles. The number of nitrogens with zero attached hydrogens (tertiary/aromatic N) is 2. The molecule has 2 heterocycles. The SMILES string of the molecule is O=C(Nc1cnn(Cc2ccc(F)cc2Cl)c1)c1cc(COc2ccc(Cl)cc2)cs1. The number of nitrogens with one attached hydrogen (secondary N) is 1. The Morgan fingerprint density at radius 3 is 2.74 bits per heavy atom. The first-order valence-corrected chi connectivity index (χ1v) is 10.8. The second-order valence-corrected chi connectivity index (χ2v) is 8.43. The Morgan fingerprint density at radius 1 is 1.16 bits per heavy atom. The number of carbonyl (C=O) groups excluding carboxylic acids is 1. The van der Waals surface area contributed by atoms with Gasteiger partial charge in [-0.25, -0.2) is 4.39 Å². The zero-order valence-corrected chi connectivity index (χ0v) is 18.3. The van der Waals surface area contributed by atoms with Gasteiger partial charge in [0.05, 0.1) is 23.3 Å². The fourth-order valence-electron chi connectivity index (χ4n) is 2.80. The molecule has 0 aliphatic carbocycles. The molecule has 1 amide bonds. The maximum Gasteiger partial charge on any atom is 0.265 e. The molecule has 0 fully saturated rings. The van der Waals surface area contributed by atoms with Gasteiger partial charge in [-0.05, 0) is 53.4 Å². The predicted octanol–water partition coefficient (Wildman–Crippen LogP) is 6.27. The van der Waals surface area contributed by atoms with Crippen LogP contribution in [0.3, 0.4) is 0 Å². The Morgan fingerprint density at radius 2 is 1.97 bits per heavy atom. The van der Waals surface area contributed by atoms with E-state index in [2.05, 4.69) is 10.4 Å². The summed E-state index contributed by atoms with van der Waals surface area (Å²) in [6.07, 6.45) is 3.24. The third kappa shape index (κ3) is 5.64. The molecule has 2 aromatic heterocycles. The summed E-state index contributed by atoms with van der Waals surface area (Å²) >= 11 is 13.3. The first-order valence-electron chi connectivity index (χ1n) is 9.20. The van der Waals surface area contributed by atoms with E-state index in [0.29, 0.717) is 39.5 Å². The third-order valence-electron chi connectivity index (χ3n) is 4.34. The summed E-state index contributed by atoms with van der Waals surface area (Å²) in [5.41, 5.74) is 2.18. The van der Waals surface area contributed by atoms with Crippen molar-refractivity contribution in [3.8, 4) is 5.75 Å². The van der Waals surface area contributed by atoms with Crippen molar-refractivity contribution < 1.29 is 13.9 Å². The van der Waals surface area contributed by atoms with Crippen LogP contribution in [0, 0.1) is 5.82 Å². The van der Waals surface area contributed by atoms with Gasteiger partial charge >= 0.3 is 0 Å². The average molecular weight is 476 g/mol. The van der Waals surface area contributed by atoms with Gasteiger partial charge in [0, 0.05) is 21.8 Å². The molecule has 0 aliphatic heterocycles. The minimum Gasteiger partial charge on any atom is -0.489 e. The van der Waals surface area contributed by atoms with Crippen molar-refractivity contribution in [3.63, 3.8) is 0 Å². The normalized spacial score (nSPS) is 10.8. The molecule has 4 rings (SSSR count). The van der Waals surface area contributed by atoms with Gasteiger partial charge in [-0.15, -0.1) is 11.3 Å². The van der Waals surface area contributed by atoms with Crippen molar-refractivity contribution in [1.29, 1.82) is 0 Å². The lowest BCUT2D eigenvalue weighted by atomic mass is 10.2. The summed E-state index contributed by atoms with van der Waals surface area (Å²) in [5, 5.41) is 9.89. The molecule has 0 radical (unpaired) electrons. The average Bonchev–Trinajstić information content (AvgIpc) is 3.39. The summed E-state index contributed by atoms with van der Waals surface area (Å²) in [6.45, 7) is 0.710. The Balaban J connectivity index is 1.34. The number of ether oxygens (including phenoxy) is 1. The molecule has 0 unspecified atom stereocenters. The number of anilines is 1. The Bertz CT molecular complexity index is 1210. The summed E-state index contributed by atoms with van der Waals surface area (Å²) < 4.78 is 20.5. The number of rotatable bonds is 7. The highest BCUT2D eigenvalue weighted by molar-refractivity contribution is 7.12. The maximum atomic E-state index is 13.2. The minimum atomic E-state index is -0.393. The lowest BCUT2D eigenvalue weighted by Gasteiger charge is -2.05. The molecule has 0 atom stereocenters. The van der Waals surface area contributed by atoms with Gasteiger partial charge in [0.15, 0.2) is 0 Å². The highest BCUT2D eigenvalue weighted by atomic mass is 35.5. The highest BCUT2D eigenvalue weighted by Gasteiger charge is 2.12. The van der Waals surface area contributed by atoms with E-state index < -0.39 is 5.82 Å². The number of aromatic nitrogens is 2. The molecule has 31 heavy (non-hydrogen) atoms. The standard InChI is InChI=1S/C22H16Cl2FN3O2S/c23-16-2-5-19(6-3-16)30-12-14-7-21(31-13-14)22(29)27-18-9-26-28(11-18)10-15-1-4-17(25)8-20(15)24/h1-9,11,13H,10,12H2,(H,27,29). The van der Waals surface area contributed by atoms with Gasteiger partial charge in [-0.3, -0.25) is 9.48 Å². The van der Waals surface area contributed by atoms with Crippen molar-refractivity contribution in [1.82, 2.24) is 9.78 Å². The first-order chi connectivity index (χ1) is 15.0. The molecule has 1 N–H and O–H groups in total. The number of amides is 1. The monoisotopic (exact) mass is 475 g/mol. The van der Waals surface area contributed by atoms with E-state index in [4.69, 9.17) is 27.9 Å². The van der Waals surface area contributed by atoms with E-state index in [0.717, 1.165) is 11.1 Å². The van der Waals surface area contributed by atoms with Crippen LogP contribution in [0.25, 0.3) is 0 Å². The zero-order chi connectivity index (χ0) is 21.8. The van der Waals surface area contributed by atoms with Crippen molar-refractivity contribution in [3.05, 3.63) is 98.2 Å². The second kappa shape index (κ2) is 9.51. The molecular weight excluding hydrogens is 460 g/mol. The highest BCUT2D eigenvalue weighted by Crippen LogP contribution is 2.22. The van der Waals surface area contributed by atoms with Crippen LogP contribution >= 0.6 is 34.5 Å². The maximum absolute atomic E-state index is 13.2. The number of benzene rings is 2. The van der Waals surface area contributed by atoms with Gasteiger partial charge in [0.1, 0.15) is 18.2 Å². The molecule has 4 aromatic rings. The van der Waals surface area contributed by atoms with E-state index >= 15 is 0 Å². The molecular formula is C22H16Cl2FN3O2S. The van der Waals surface area contributed by atoms with Crippen LogP contribution in [0.4, 0.5) is 10.1 Å². The van der Waals surface area contributed by atoms with E-state index in [1.165, 1.54) is 23.5 Å². The van der Waals surface area contributed by atoms with E-state index in [1.54, 1.807) is 53.5 Å². The predicted molar refractivity (Wildman–Crippen MR) is 121 cm³/mol. The topological polar surface area (TPSA) is 56.2 Å². The van der Waals surface area contributed by atoms with E-state index in [-0.39, 0.29) is 5.91 Å². The summed E-state index contributed by atoms with van der Waals surface area (Å²) in [7, 11) is 0. The van der Waals surface area contributed by atoms with E-state index in [9.17, 15) is 9.18 Å². The Kier molecular flexibility index (Phi) is 6.56. The fraction of sp³-hybridized carbons (Fsp3) is 0.0909. The fourth-order valence-corrected chi connectivity index (χ4v) is 3.94. The number of hydrogen-bond donors (Lipinski definition) is 1. The van der Waals surface area contributed by atoms with Crippen LogP contribution in [0.15, 0.2) is 66.3 Å². The first kappa shape index (κ1) is 21.4. The van der Waals surface area contributed by atoms with Gasteiger partial charge in [-0.2, -0.15) is 5.10 Å². The molecule has 0 spiro atoms. The lowest BCUT2D eigenvalue weighted by molar-refractivity contribution is 0.103. The third-order valence-corrected chi connectivity index (χ3v) is 5.92. The van der Waals surface area contributed by atoms with Crippen molar-refractivity contribution in [2.45, 2.75) is 13.2 Å². The molecule has 9 heteroatoms. The van der Waals surface area contributed by atoms with Gasteiger partial charge in [0.2, 0.25) is 0 Å². The van der Waals surface area contributed by atoms with Crippen LogP contribution in [-0.4, -0.2) is 15.7 Å². The van der Waals surface area contributed by atoms with Crippen LogP contribution in [-0.2, 0) is 13.2 Å². The van der Waals surface area contributed by atoms with E-state index in [1.807, 2.05) is 5.38 Å². The number of thiophene rings is 1. The largest absolute Gasteiger partial charge is 0.489 e. The van der Waals surface area contributed by atoms with Gasteiger partial charge in [-0.1, -0.05) is 29.3 Å². The van der Waals surface area contributed by atoms with Crippen LogP contribution in [0.1, 0.15) is 20.8 Å². The Labute approximate surface area is 192 Å². The Hall–Kier alpha value is -2.87. The number of carbonyl (C=O) groups is 1. The molecule has 5 nitrogen and oxygen atoms in total. The van der Waals surface area contributed by atoms with Crippen molar-refractivity contribution >= 4 is 46.1 Å². The van der Waals surface area contributed by atoms with Gasteiger partial charge < -0.3 is 10.1 Å². The zero-order valence-electron chi connectivity index (χ0n) is 16.0. The second-order valence-electron chi connectivity index (χ2n) is 6.68. The summed E-state index contributed by atoms with van der Waals surface area (Å²) in [6, 6.07) is 13.1.